The van der Waals surface area contributed by atoms with E-state index < -0.39 is 23.2 Å². The third-order valence-corrected chi connectivity index (χ3v) is 2.87. The number of amides is 1. The van der Waals surface area contributed by atoms with Crippen molar-refractivity contribution < 1.29 is 14.3 Å². The summed E-state index contributed by atoms with van der Waals surface area (Å²) >= 11 is 0. The number of carbonyl (C=O) groups excluding carboxylic acids is 2. The summed E-state index contributed by atoms with van der Waals surface area (Å²) in [5, 5.41) is 2.69. The molecule has 1 aromatic rings. The van der Waals surface area contributed by atoms with Crippen molar-refractivity contribution in [3.05, 3.63) is 24.3 Å². The molecule has 5 heteroatoms. The average Bonchev–Trinajstić information content (AvgIpc) is 2.30. The van der Waals surface area contributed by atoms with E-state index in [-0.39, 0.29) is 6.61 Å². The van der Waals surface area contributed by atoms with E-state index in [1.54, 1.807) is 31.2 Å². The predicted molar refractivity (Wildman–Crippen MR) is 79.1 cm³/mol. The number of carbonyl (C=O) groups is 2. The fourth-order valence-electron chi connectivity index (χ4n) is 1.90. The Morgan fingerprint density at radius 2 is 1.90 bits per heavy atom. The van der Waals surface area contributed by atoms with Gasteiger partial charge in [-0.2, -0.15) is 0 Å². The number of hydrogen-bond donors (Lipinski definition) is 2. The van der Waals surface area contributed by atoms with Crippen LogP contribution >= 0.6 is 0 Å². The Balaban J connectivity index is 2.95. The van der Waals surface area contributed by atoms with Crippen LogP contribution in [0.1, 0.15) is 27.7 Å². The average molecular weight is 278 g/mol. The molecule has 0 aromatic heterocycles. The maximum Gasteiger partial charge on any atom is 0.319 e. The summed E-state index contributed by atoms with van der Waals surface area (Å²) in [6.45, 7) is 7.42. The standard InChI is InChI=1S/C15H22N2O3/c1-5-20-14(19)12(15(2,3)4)13(18)17-11-9-7-6-8-10(11)16/h6-9,12H,5,16H2,1-4H3,(H,17,18). The van der Waals surface area contributed by atoms with Gasteiger partial charge in [-0.05, 0) is 24.5 Å². The van der Waals surface area contributed by atoms with Crippen molar-refractivity contribution in [2.75, 3.05) is 17.7 Å². The monoisotopic (exact) mass is 278 g/mol. The first-order chi connectivity index (χ1) is 9.27. The van der Waals surface area contributed by atoms with Gasteiger partial charge in [0.15, 0.2) is 0 Å². The zero-order chi connectivity index (χ0) is 15.3. The normalized spacial score (nSPS) is 12.6. The zero-order valence-corrected chi connectivity index (χ0v) is 12.4. The van der Waals surface area contributed by atoms with E-state index in [4.69, 9.17) is 10.5 Å². The van der Waals surface area contributed by atoms with Crippen LogP contribution in [0.5, 0.6) is 0 Å². The highest BCUT2D eigenvalue weighted by molar-refractivity contribution is 6.06. The molecule has 0 radical (unpaired) electrons. The van der Waals surface area contributed by atoms with Crippen molar-refractivity contribution in [1.29, 1.82) is 0 Å². The fourth-order valence-corrected chi connectivity index (χ4v) is 1.90. The number of rotatable bonds is 4. The van der Waals surface area contributed by atoms with Crippen LogP contribution in [0.3, 0.4) is 0 Å². The van der Waals surface area contributed by atoms with Gasteiger partial charge in [0.1, 0.15) is 5.92 Å². The molecule has 110 valence electrons. The van der Waals surface area contributed by atoms with Gasteiger partial charge in [-0.25, -0.2) is 0 Å². The van der Waals surface area contributed by atoms with Crippen LogP contribution in [0.15, 0.2) is 24.3 Å². The SMILES string of the molecule is CCOC(=O)C(C(=O)Nc1ccccc1N)C(C)(C)C. The predicted octanol–water partition coefficient (Wildman–Crippen LogP) is 2.43. The second-order valence-electron chi connectivity index (χ2n) is 5.63. The Morgan fingerprint density at radius 1 is 1.30 bits per heavy atom. The summed E-state index contributed by atoms with van der Waals surface area (Å²) in [5.74, 6) is -1.82. The van der Waals surface area contributed by atoms with Gasteiger partial charge < -0.3 is 15.8 Å². The molecular formula is C15H22N2O3. The third-order valence-electron chi connectivity index (χ3n) is 2.87. The zero-order valence-electron chi connectivity index (χ0n) is 12.4. The number of para-hydroxylation sites is 2. The minimum Gasteiger partial charge on any atom is -0.465 e. The van der Waals surface area contributed by atoms with Crippen molar-refractivity contribution in [3.8, 4) is 0 Å². The van der Waals surface area contributed by atoms with E-state index in [0.29, 0.717) is 11.4 Å². The molecule has 1 aromatic carbocycles. The van der Waals surface area contributed by atoms with Crippen molar-refractivity contribution in [2.45, 2.75) is 27.7 Å². The van der Waals surface area contributed by atoms with E-state index in [9.17, 15) is 9.59 Å². The Morgan fingerprint density at radius 3 is 2.40 bits per heavy atom. The fraction of sp³-hybridized carbons (Fsp3) is 0.467. The first-order valence-corrected chi connectivity index (χ1v) is 6.59. The summed E-state index contributed by atoms with van der Waals surface area (Å²) in [4.78, 5) is 24.4. The number of ether oxygens (including phenoxy) is 1. The molecule has 0 spiro atoms. The quantitative estimate of drug-likeness (QED) is 0.503. The van der Waals surface area contributed by atoms with Crippen molar-refractivity contribution in [1.82, 2.24) is 0 Å². The molecule has 1 amide bonds. The first-order valence-electron chi connectivity index (χ1n) is 6.59. The Labute approximate surface area is 119 Å². The molecule has 0 bridgehead atoms. The van der Waals surface area contributed by atoms with E-state index in [1.807, 2.05) is 20.8 Å². The molecule has 0 aliphatic heterocycles. The number of nitrogens with one attached hydrogen (secondary N) is 1. The maximum atomic E-state index is 12.4. The molecule has 0 saturated heterocycles. The van der Waals surface area contributed by atoms with Crippen LogP contribution in [0.25, 0.3) is 0 Å². The summed E-state index contributed by atoms with van der Waals surface area (Å²) < 4.78 is 4.99. The molecular weight excluding hydrogens is 256 g/mol. The lowest BCUT2D eigenvalue weighted by Crippen LogP contribution is -2.40. The van der Waals surface area contributed by atoms with Crippen LogP contribution in [0, 0.1) is 11.3 Å². The summed E-state index contributed by atoms with van der Waals surface area (Å²) in [6, 6.07) is 6.92. The molecule has 0 aliphatic carbocycles. The number of nitrogens with two attached hydrogens (primary N) is 1. The summed E-state index contributed by atoms with van der Waals surface area (Å²) in [6.07, 6.45) is 0. The van der Waals surface area contributed by atoms with Crippen LogP contribution in [-0.2, 0) is 14.3 Å². The number of nitrogen functional groups attached to an aromatic ring is 1. The van der Waals surface area contributed by atoms with Gasteiger partial charge in [0.25, 0.3) is 0 Å². The number of esters is 1. The summed E-state index contributed by atoms with van der Waals surface area (Å²) in [7, 11) is 0. The van der Waals surface area contributed by atoms with Crippen LogP contribution in [0.4, 0.5) is 11.4 Å². The van der Waals surface area contributed by atoms with E-state index in [0.717, 1.165) is 0 Å². The lowest BCUT2D eigenvalue weighted by atomic mass is 9.80. The van der Waals surface area contributed by atoms with Gasteiger partial charge in [0.05, 0.1) is 18.0 Å². The second kappa shape index (κ2) is 6.41. The minimum atomic E-state index is -0.887. The molecule has 0 fully saturated rings. The van der Waals surface area contributed by atoms with Gasteiger partial charge in [-0.15, -0.1) is 0 Å². The largest absolute Gasteiger partial charge is 0.465 e. The Bertz CT molecular complexity index is 492. The highest BCUT2D eigenvalue weighted by Gasteiger charge is 2.39. The number of benzene rings is 1. The second-order valence-corrected chi connectivity index (χ2v) is 5.63. The van der Waals surface area contributed by atoms with Gasteiger partial charge in [-0.1, -0.05) is 32.9 Å². The molecule has 1 atom stereocenters. The Kier molecular flexibility index (Phi) is 5.13. The lowest BCUT2D eigenvalue weighted by Gasteiger charge is -2.27. The Hall–Kier alpha value is -2.04. The number of anilines is 2. The minimum absolute atomic E-state index is 0.242. The molecule has 0 saturated carbocycles. The van der Waals surface area contributed by atoms with Gasteiger partial charge in [-0.3, -0.25) is 9.59 Å². The van der Waals surface area contributed by atoms with Gasteiger partial charge in [0.2, 0.25) is 5.91 Å². The third kappa shape index (κ3) is 3.98. The van der Waals surface area contributed by atoms with Crippen molar-refractivity contribution in [3.63, 3.8) is 0 Å². The maximum absolute atomic E-state index is 12.4. The van der Waals surface area contributed by atoms with Gasteiger partial charge >= 0.3 is 5.97 Å². The van der Waals surface area contributed by atoms with Crippen LogP contribution in [-0.4, -0.2) is 18.5 Å². The molecule has 1 rings (SSSR count). The smallest absolute Gasteiger partial charge is 0.319 e. The van der Waals surface area contributed by atoms with E-state index >= 15 is 0 Å². The first kappa shape index (κ1) is 16.0. The molecule has 5 nitrogen and oxygen atoms in total. The van der Waals surface area contributed by atoms with E-state index in [2.05, 4.69) is 5.32 Å². The molecule has 20 heavy (non-hydrogen) atoms. The van der Waals surface area contributed by atoms with Gasteiger partial charge in [0, 0.05) is 0 Å². The van der Waals surface area contributed by atoms with Crippen molar-refractivity contribution >= 4 is 23.3 Å². The molecule has 0 aliphatic rings. The van der Waals surface area contributed by atoms with Crippen molar-refractivity contribution in [2.24, 2.45) is 11.3 Å². The highest BCUT2D eigenvalue weighted by Crippen LogP contribution is 2.29. The number of hydrogen-bond acceptors (Lipinski definition) is 4. The molecule has 0 heterocycles. The highest BCUT2D eigenvalue weighted by atomic mass is 16.5. The lowest BCUT2D eigenvalue weighted by molar-refractivity contribution is -0.155. The summed E-state index contributed by atoms with van der Waals surface area (Å²) in [5.41, 5.74) is 6.19. The molecule has 3 N–H and O–H groups in total. The van der Waals surface area contributed by atoms with E-state index in [1.165, 1.54) is 0 Å². The van der Waals surface area contributed by atoms with Crippen LogP contribution in [0.2, 0.25) is 0 Å². The topological polar surface area (TPSA) is 81.4 Å². The molecule has 1 unspecified atom stereocenters. The van der Waals surface area contributed by atoms with Crippen LogP contribution < -0.4 is 11.1 Å².